The summed E-state index contributed by atoms with van der Waals surface area (Å²) in [6.07, 6.45) is 2.32. The molecule has 1 atom stereocenters. The molecule has 1 aliphatic rings. The summed E-state index contributed by atoms with van der Waals surface area (Å²) in [5.41, 5.74) is 13.4. The van der Waals surface area contributed by atoms with Gasteiger partial charge in [0, 0.05) is 54.8 Å². The van der Waals surface area contributed by atoms with Crippen LogP contribution in [0.25, 0.3) is 93.4 Å². The molecule has 0 bridgehead atoms. The quantitative estimate of drug-likeness (QED) is 0.178. The molecule has 0 fully saturated rings. The minimum Gasteiger partial charge on any atom is -0.359 e. The maximum absolute atomic E-state index is 5.54. The van der Waals surface area contributed by atoms with E-state index in [2.05, 4.69) is 245 Å². The van der Waals surface area contributed by atoms with Gasteiger partial charge in [0.15, 0.2) is 0 Å². The highest BCUT2D eigenvalue weighted by Crippen LogP contribution is 2.42. The number of aromatic nitrogens is 2. The zero-order valence-electron chi connectivity index (χ0n) is 34.9. The number of fused-ring (bicyclic) bond motifs is 10. The minimum atomic E-state index is -0.166. The molecule has 3 heterocycles. The molecule has 4 heteroatoms. The monoisotopic (exact) mass is 816 g/mol. The molecule has 1 unspecified atom stereocenters. The first-order valence-electron chi connectivity index (χ1n) is 22.0. The molecule has 64 heavy (non-hydrogen) atoms. The topological polar surface area (TPSA) is 34.2 Å². The van der Waals surface area contributed by atoms with Crippen molar-refractivity contribution in [3.8, 4) is 22.5 Å². The molecule has 0 saturated heterocycles. The van der Waals surface area contributed by atoms with Gasteiger partial charge in [-0.1, -0.05) is 194 Å². The predicted molar refractivity (Wildman–Crippen MR) is 269 cm³/mol. The fourth-order valence-corrected chi connectivity index (χ4v) is 10.3. The third-order valence-corrected chi connectivity index (χ3v) is 13.1. The maximum atomic E-state index is 5.54. The molecule has 2 aromatic heterocycles. The van der Waals surface area contributed by atoms with Crippen molar-refractivity contribution >= 4 is 76.7 Å². The van der Waals surface area contributed by atoms with Gasteiger partial charge in [-0.25, -0.2) is 4.99 Å². The Kier molecular flexibility index (Phi) is 8.25. The van der Waals surface area contributed by atoms with E-state index in [4.69, 9.17) is 4.99 Å². The molecule has 0 saturated carbocycles. The van der Waals surface area contributed by atoms with Crippen LogP contribution in [0.5, 0.6) is 0 Å². The van der Waals surface area contributed by atoms with Gasteiger partial charge in [0.05, 0.1) is 33.8 Å². The molecule has 1 aliphatic heterocycles. The highest BCUT2D eigenvalue weighted by atomic mass is 15.1. The van der Waals surface area contributed by atoms with E-state index in [1.807, 2.05) is 0 Å². The zero-order chi connectivity index (χ0) is 42.1. The van der Waals surface area contributed by atoms with Crippen LogP contribution in [0.15, 0.2) is 236 Å². The molecule has 10 aromatic carbocycles. The summed E-state index contributed by atoms with van der Waals surface area (Å²) < 4.78 is 4.97. The number of rotatable bonds is 6. The van der Waals surface area contributed by atoms with Crippen molar-refractivity contribution in [1.82, 2.24) is 14.5 Å². The highest BCUT2D eigenvalue weighted by molar-refractivity contribution is 6.20. The van der Waals surface area contributed by atoms with E-state index in [0.29, 0.717) is 0 Å². The Hall–Kier alpha value is -8.47. The summed E-state index contributed by atoms with van der Waals surface area (Å²) in [4.78, 5) is 5.54. The lowest BCUT2D eigenvalue weighted by Gasteiger charge is -2.27. The van der Waals surface area contributed by atoms with Crippen LogP contribution in [-0.4, -0.2) is 15.0 Å². The second kappa shape index (κ2) is 14.6. The number of amidine groups is 1. The average molecular weight is 817 g/mol. The summed E-state index contributed by atoms with van der Waals surface area (Å²) in [6.45, 7) is 0. The molecule has 300 valence electrons. The lowest BCUT2D eigenvalue weighted by atomic mass is 9.92. The van der Waals surface area contributed by atoms with Crippen molar-refractivity contribution in [3.05, 3.63) is 247 Å². The minimum absolute atomic E-state index is 0.166. The lowest BCUT2D eigenvalue weighted by molar-refractivity contribution is 0.782. The van der Waals surface area contributed by atoms with E-state index in [1.54, 1.807) is 0 Å². The largest absolute Gasteiger partial charge is 0.359 e. The molecular formula is C60H40N4. The van der Waals surface area contributed by atoms with E-state index in [0.717, 1.165) is 45.1 Å². The van der Waals surface area contributed by atoms with Gasteiger partial charge in [0.2, 0.25) is 0 Å². The van der Waals surface area contributed by atoms with Gasteiger partial charge in [0.1, 0.15) is 5.84 Å². The predicted octanol–water partition coefficient (Wildman–Crippen LogP) is 15.0. The summed E-state index contributed by atoms with van der Waals surface area (Å²) in [6, 6.07) is 81.2. The molecule has 0 aliphatic carbocycles. The van der Waals surface area contributed by atoms with Crippen LogP contribution in [0.4, 0.5) is 0 Å². The fourth-order valence-electron chi connectivity index (χ4n) is 10.3. The Balaban J connectivity index is 1.14. The normalized spacial score (nSPS) is 14.1. The van der Waals surface area contributed by atoms with Gasteiger partial charge in [-0.15, -0.1) is 0 Å². The van der Waals surface area contributed by atoms with E-state index in [9.17, 15) is 0 Å². The van der Waals surface area contributed by atoms with Gasteiger partial charge in [-0.2, -0.15) is 0 Å². The van der Waals surface area contributed by atoms with Crippen LogP contribution in [0.2, 0.25) is 0 Å². The number of nitrogens with zero attached hydrogens (tertiary/aromatic N) is 3. The SMILES string of the molecule is C1=C(c2cc(-n3c4ccccc4c4ccc5ccccc5c43)cc(-n3c4ccccc4c4ccc5ccccc5c43)c2)N=C(c2ccccc2)NC1c1ccccc1-c1ccccc1. The van der Waals surface area contributed by atoms with E-state index >= 15 is 0 Å². The summed E-state index contributed by atoms with van der Waals surface area (Å²) in [7, 11) is 0. The van der Waals surface area contributed by atoms with Crippen molar-refractivity contribution in [1.29, 1.82) is 0 Å². The fraction of sp³-hybridized carbons (Fsp3) is 0.0167. The first kappa shape index (κ1) is 36.2. The van der Waals surface area contributed by atoms with Gasteiger partial charge >= 0.3 is 0 Å². The first-order valence-corrected chi connectivity index (χ1v) is 22.0. The highest BCUT2D eigenvalue weighted by Gasteiger charge is 2.25. The van der Waals surface area contributed by atoms with Crippen molar-refractivity contribution < 1.29 is 0 Å². The summed E-state index contributed by atoms with van der Waals surface area (Å²) in [5, 5.41) is 13.6. The first-order chi connectivity index (χ1) is 31.7. The molecule has 0 radical (unpaired) electrons. The average Bonchev–Trinajstić information content (AvgIpc) is 3.90. The molecule has 0 amide bonds. The van der Waals surface area contributed by atoms with Crippen LogP contribution in [0, 0.1) is 0 Å². The molecule has 1 N–H and O–H groups in total. The number of hydrogen-bond donors (Lipinski definition) is 1. The van der Waals surface area contributed by atoms with Crippen molar-refractivity contribution in [2.45, 2.75) is 6.04 Å². The Morgan fingerprint density at radius 1 is 0.375 bits per heavy atom. The van der Waals surface area contributed by atoms with Crippen molar-refractivity contribution in [2.24, 2.45) is 4.99 Å². The number of aliphatic imine (C=N–C) groups is 1. The molecule has 13 rings (SSSR count). The molecule has 4 nitrogen and oxygen atoms in total. The Morgan fingerprint density at radius 3 is 1.45 bits per heavy atom. The van der Waals surface area contributed by atoms with Gasteiger partial charge in [-0.3, -0.25) is 0 Å². The van der Waals surface area contributed by atoms with Crippen molar-refractivity contribution in [2.75, 3.05) is 0 Å². The van der Waals surface area contributed by atoms with E-state index in [1.165, 1.54) is 70.8 Å². The lowest BCUT2D eigenvalue weighted by Crippen LogP contribution is -2.31. The third kappa shape index (κ3) is 5.73. The molecule has 12 aromatic rings. The standard InChI is InChI=1S/C60H40N4/c1-3-17-39(18-4-1)46-23-11-12-26-49(46)55-38-54(61-60(62-55)42-21-5-2-6-22-42)43-35-44(63-56-29-15-13-27-50(56)52-33-31-40-19-7-9-24-47(40)58(52)63)37-45(36-43)64-57-30-16-14-28-51(57)53-34-32-41-20-8-10-25-48(41)59(53)64/h1-38,55H,(H,61,62). The van der Waals surface area contributed by atoms with Crippen LogP contribution < -0.4 is 5.32 Å². The summed E-state index contributed by atoms with van der Waals surface area (Å²) >= 11 is 0. The van der Waals surface area contributed by atoms with Gasteiger partial charge in [0.25, 0.3) is 0 Å². The second-order valence-corrected chi connectivity index (χ2v) is 16.8. The van der Waals surface area contributed by atoms with E-state index in [-0.39, 0.29) is 6.04 Å². The van der Waals surface area contributed by atoms with Crippen LogP contribution >= 0.6 is 0 Å². The Morgan fingerprint density at radius 2 is 0.859 bits per heavy atom. The van der Waals surface area contributed by atoms with Crippen LogP contribution in [-0.2, 0) is 0 Å². The van der Waals surface area contributed by atoms with Crippen molar-refractivity contribution in [3.63, 3.8) is 0 Å². The molecule has 0 spiro atoms. The van der Waals surface area contributed by atoms with Gasteiger partial charge in [-0.05, 0) is 63.9 Å². The maximum Gasteiger partial charge on any atom is 0.134 e. The number of benzene rings is 10. The Bertz CT molecular complexity index is 3700. The van der Waals surface area contributed by atoms with Crippen LogP contribution in [0.3, 0.4) is 0 Å². The Labute approximate surface area is 370 Å². The van der Waals surface area contributed by atoms with E-state index < -0.39 is 0 Å². The zero-order valence-corrected chi connectivity index (χ0v) is 34.9. The molecular weight excluding hydrogens is 777 g/mol. The van der Waals surface area contributed by atoms with Gasteiger partial charge < -0.3 is 14.5 Å². The number of hydrogen-bond acceptors (Lipinski definition) is 2. The number of nitrogens with one attached hydrogen (secondary N) is 1. The van der Waals surface area contributed by atoms with Crippen LogP contribution in [0.1, 0.15) is 22.7 Å². The smallest absolute Gasteiger partial charge is 0.134 e. The second-order valence-electron chi connectivity index (χ2n) is 16.8. The number of para-hydroxylation sites is 2. The third-order valence-electron chi connectivity index (χ3n) is 13.1. The summed E-state index contributed by atoms with van der Waals surface area (Å²) in [5.74, 6) is 0.837.